The van der Waals surface area contributed by atoms with E-state index in [0.717, 1.165) is 5.56 Å². The van der Waals surface area contributed by atoms with E-state index in [1.54, 1.807) is 24.3 Å². The highest BCUT2D eigenvalue weighted by Crippen LogP contribution is 2.47. The first kappa shape index (κ1) is 20.9. The van der Waals surface area contributed by atoms with E-state index in [1.807, 2.05) is 0 Å². The van der Waals surface area contributed by atoms with Crippen molar-refractivity contribution >= 4 is 17.4 Å². The van der Waals surface area contributed by atoms with E-state index >= 15 is 0 Å². The van der Waals surface area contributed by atoms with Gasteiger partial charge in [-0.2, -0.15) is 0 Å². The molecule has 0 saturated carbocycles. The first-order valence-corrected chi connectivity index (χ1v) is 10.1. The van der Waals surface area contributed by atoms with Gasteiger partial charge in [0, 0.05) is 30.0 Å². The molecule has 0 saturated heterocycles. The third kappa shape index (κ3) is 3.65. The molecule has 31 heavy (non-hydrogen) atoms. The van der Waals surface area contributed by atoms with Crippen LogP contribution < -0.4 is 19.1 Å². The molecular formula is C24H24FNO5. The van der Waals surface area contributed by atoms with Crippen molar-refractivity contribution in [3.63, 3.8) is 0 Å². The van der Waals surface area contributed by atoms with E-state index in [9.17, 15) is 14.0 Å². The van der Waals surface area contributed by atoms with Gasteiger partial charge in [0.1, 0.15) is 5.82 Å². The molecule has 6 nitrogen and oxygen atoms in total. The molecule has 1 heterocycles. The van der Waals surface area contributed by atoms with Crippen molar-refractivity contribution < 1.29 is 28.2 Å². The number of benzene rings is 2. The summed E-state index contributed by atoms with van der Waals surface area (Å²) in [6.07, 6.45) is 1.73. The number of hydrogen-bond donors (Lipinski definition) is 0. The maximum absolute atomic E-state index is 13.9. The Morgan fingerprint density at radius 2 is 1.68 bits per heavy atom. The van der Waals surface area contributed by atoms with Crippen LogP contribution in [0.4, 0.5) is 10.1 Å². The Morgan fingerprint density at radius 3 is 2.29 bits per heavy atom. The van der Waals surface area contributed by atoms with Gasteiger partial charge in [-0.3, -0.25) is 14.5 Å². The summed E-state index contributed by atoms with van der Waals surface area (Å²) in [5.41, 5.74) is 2.43. The molecule has 0 unspecified atom stereocenters. The zero-order chi connectivity index (χ0) is 22.1. The quantitative estimate of drug-likeness (QED) is 0.711. The second-order valence-corrected chi connectivity index (χ2v) is 7.56. The topological polar surface area (TPSA) is 65.1 Å². The molecule has 1 atom stereocenters. The average Bonchev–Trinajstić information content (AvgIpc) is 2.77. The molecule has 0 N–H and O–H groups in total. The van der Waals surface area contributed by atoms with Crippen molar-refractivity contribution in [1.29, 1.82) is 0 Å². The largest absolute Gasteiger partial charge is 0.493 e. The van der Waals surface area contributed by atoms with Gasteiger partial charge in [0.25, 0.3) is 0 Å². The lowest BCUT2D eigenvalue weighted by molar-refractivity contribution is -0.119. The number of nitrogens with zero attached hydrogens (tertiary/aromatic N) is 1. The number of methoxy groups -OCH3 is 3. The predicted molar refractivity (Wildman–Crippen MR) is 113 cm³/mol. The number of halogens is 1. The molecule has 0 radical (unpaired) electrons. The van der Waals surface area contributed by atoms with Gasteiger partial charge in [0.15, 0.2) is 17.3 Å². The number of rotatable bonds is 5. The number of allylic oxidation sites excluding steroid dienone is 2. The van der Waals surface area contributed by atoms with Crippen LogP contribution in [0.25, 0.3) is 0 Å². The number of carbonyl (C=O) groups excluding carboxylic acids is 2. The van der Waals surface area contributed by atoms with Crippen LogP contribution in [0.1, 0.15) is 37.2 Å². The minimum Gasteiger partial charge on any atom is -0.493 e. The molecule has 4 rings (SSSR count). The highest BCUT2D eigenvalue weighted by atomic mass is 19.1. The molecule has 1 aliphatic carbocycles. The van der Waals surface area contributed by atoms with Crippen molar-refractivity contribution in [3.05, 3.63) is 59.0 Å². The summed E-state index contributed by atoms with van der Waals surface area (Å²) >= 11 is 0. The Balaban J connectivity index is 1.88. The van der Waals surface area contributed by atoms with E-state index in [2.05, 4.69) is 0 Å². The van der Waals surface area contributed by atoms with Crippen LogP contribution in [0, 0.1) is 5.82 Å². The lowest BCUT2D eigenvalue weighted by atomic mass is 9.77. The normalized spacial score (nSPS) is 18.7. The van der Waals surface area contributed by atoms with E-state index < -0.39 is 11.7 Å². The molecule has 0 bridgehead atoms. The molecule has 2 aliphatic rings. The Bertz CT molecular complexity index is 1050. The van der Waals surface area contributed by atoms with Gasteiger partial charge in [-0.05, 0) is 48.7 Å². The minimum absolute atomic E-state index is 0.00825. The van der Waals surface area contributed by atoms with E-state index in [1.165, 1.54) is 38.4 Å². The lowest BCUT2D eigenvalue weighted by Crippen LogP contribution is -2.40. The number of anilines is 1. The van der Waals surface area contributed by atoms with Crippen LogP contribution in [-0.2, 0) is 9.59 Å². The number of ether oxygens (including phenoxy) is 3. The molecule has 162 valence electrons. The Kier molecular flexibility index (Phi) is 5.67. The maximum atomic E-state index is 13.9. The third-order valence-corrected chi connectivity index (χ3v) is 5.83. The number of carbonyl (C=O) groups is 2. The lowest BCUT2D eigenvalue weighted by Gasteiger charge is -2.38. The van der Waals surface area contributed by atoms with Crippen LogP contribution in [0.2, 0.25) is 0 Å². The van der Waals surface area contributed by atoms with Gasteiger partial charge in [0.05, 0.1) is 27.0 Å². The second kappa shape index (κ2) is 8.41. The summed E-state index contributed by atoms with van der Waals surface area (Å²) in [5.74, 6) is 0.327. The van der Waals surface area contributed by atoms with E-state index in [-0.39, 0.29) is 18.1 Å². The van der Waals surface area contributed by atoms with Gasteiger partial charge in [0.2, 0.25) is 11.7 Å². The summed E-state index contributed by atoms with van der Waals surface area (Å²) in [6, 6.07) is 9.46. The zero-order valence-corrected chi connectivity index (χ0v) is 17.7. The molecule has 0 fully saturated rings. The fourth-order valence-electron chi connectivity index (χ4n) is 4.49. The SMILES string of the molecule is COc1cc([C@H]2CC(=O)N(c3cccc(F)c3)C3=C2C(=O)CCC3)cc(OC)c1OC. The first-order chi connectivity index (χ1) is 15.0. The monoisotopic (exact) mass is 425 g/mol. The number of amides is 1. The number of hydrogen-bond acceptors (Lipinski definition) is 5. The smallest absolute Gasteiger partial charge is 0.232 e. The average molecular weight is 425 g/mol. The Labute approximate surface area is 180 Å². The molecule has 7 heteroatoms. The molecule has 1 amide bonds. The molecule has 1 aliphatic heterocycles. The van der Waals surface area contributed by atoms with Crippen molar-refractivity contribution in [1.82, 2.24) is 0 Å². The van der Waals surface area contributed by atoms with Gasteiger partial charge < -0.3 is 14.2 Å². The Morgan fingerprint density at radius 1 is 0.968 bits per heavy atom. The third-order valence-electron chi connectivity index (χ3n) is 5.83. The molecule has 0 spiro atoms. The number of Topliss-reactive ketones (excluding diaryl/α,β-unsaturated/α-hetero) is 1. The summed E-state index contributed by atoms with van der Waals surface area (Å²) < 4.78 is 30.2. The van der Waals surface area contributed by atoms with Crippen LogP contribution in [0.15, 0.2) is 47.7 Å². The van der Waals surface area contributed by atoms with Gasteiger partial charge in [-0.25, -0.2) is 4.39 Å². The minimum atomic E-state index is -0.436. The predicted octanol–water partition coefficient (Wildman–Crippen LogP) is 4.38. The number of ketones is 1. The van der Waals surface area contributed by atoms with E-state index in [4.69, 9.17) is 14.2 Å². The fourth-order valence-corrected chi connectivity index (χ4v) is 4.49. The van der Waals surface area contributed by atoms with Crippen molar-refractivity contribution in [3.8, 4) is 17.2 Å². The van der Waals surface area contributed by atoms with Gasteiger partial charge in [-0.15, -0.1) is 0 Å². The maximum Gasteiger partial charge on any atom is 0.232 e. The first-order valence-electron chi connectivity index (χ1n) is 10.1. The van der Waals surface area contributed by atoms with Crippen molar-refractivity contribution in [2.75, 3.05) is 26.2 Å². The molecule has 2 aromatic rings. The molecule has 0 aromatic heterocycles. The molecule has 2 aromatic carbocycles. The van der Waals surface area contributed by atoms with Gasteiger partial charge >= 0.3 is 0 Å². The van der Waals surface area contributed by atoms with Crippen LogP contribution in [0.3, 0.4) is 0 Å². The standard InChI is InChI=1S/C24H24FNO5/c1-29-20-10-14(11-21(30-2)24(20)31-3)17-13-22(28)26(16-7-4-6-15(25)12-16)18-8-5-9-19(27)23(17)18/h4,6-7,10-12,17H,5,8-9,13H2,1-3H3/t17-/m1/s1. The fraction of sp³-hybridized carbons (Fsp3) is 0.333. The van der Waals surface area contributed by atoms with E-state index in [0.29, 0.717) is 53.5 Å². The van der Waals surface area contributed by atoms with Crippen molar-refractivity contribution in [2.24, 2.45) is 0 Å². The summed E-state index contributed by atoms with van der Waals surface area (Å²) in [7, 11) is 4.57. The highest BCUT2D eigenvalue weighted by molar-refractivity contribution is 6.07. The summed E-state index contributed by atoms with van der Waals surface area (Å²) in [4.78, 5) is 27.8. The second-order valence-electron chi connectivity index (χ2n) is 7.56. The van der Waals surface area contributed by atoms with Crippen LogP contribution in [-0.4, -0.2) is 33.0 Å². The summed E-state index contributed by atoms with van der Waals surface area (Å²) in [6.45, 7) is 0. The van der Waals surface area contributed by atoms with Crippen LogP contribution in [0.5, 0.6) is 17.2 Å². The highest BCUT2D eigenvalue weighted by Gasteiger charge is 2.40. The van der Waals surface area contributed by atoms with Crippen molar-refractivity contribution in [2.45, 2.75) is 31.6 Å². The summed E-state index contributed by atoms with van der Waals surface area (Å²) in [5, 5.41) is 0. The van der Waals surface area contributed by atoms with Crippen LogP contribution >= 0.6 is 0 Å². The van der Waals surface area contributed by atoms with Gasteiger partial charge in [-0.1, -0.05) is 6.07 Å². The Hall–Kier alpha value is -3.35. The molecular weight excluding hydrogens is 401 g/mol. The zero-order valence-electron chi connectivity index (χ0n) is 17.7.